The molecule has 0 fully saturated rings. The summed E-state index contributed by atoms with van der Waals surface area (Å²) in [5, 5.41) is 11.4. The predicted molar refractivity (Wildman–Crippen MR) is 153 cm³/mol. The lowest BCUT2D eigenvalue weighted by molar-refractivity contribution is -0.127. The molecule has 0 saturated heterocycles. The maximum Gasteiger partial charge on any atom is 0.249 e. The molecule has 0 aliphatic carbocycles. The SMILES string of the molecule is COc1ccc(C(C(=O)NCCC(C)C)N(C(=O)Cn2nnc3ccccc32)c2cc(OC)cc(OC)c2)cc1. The molecule has 2 amide bonds. The number of anilines is 1. The van der Waals surface area contributed by atoms with Crippen molar-refractivity contribution in [2.75, 3.05) is 32.8 Å². The summed E-state index contributed by atoms with van der Waals surface area (Å²) in [5.41, 5.74) is 2.43. The number of methoxy groups -OCH3 is 3. The van der Waals surface area contributed by atoms with Crippen molar-refractivity contribution >= 4 is 28.5 Å². The number of amides is 2. The zero-order chi connectivity index (χ0) is 28.6. The highest BCUT2D eigenvalue weighted by Crippen LogP contribution is 2.35. The van der Waals surface area contributed by atoms with Crippen LogP contribution in [0, 0.1) is 5.92 Å². The first kappa shape index (κ1) is 28.4. The lowest BCUT2D eigenvalue weighted by Crippen LogP contribution is -2.45. The first-order chi connectivity index (χ1) is 19.3. The van der Waals surface area contributed by atoms with Crippen molar-refractivity contribution < 1.29 is 23.8 Å². The number of fused-ring (bicyclic) bond motifs is 1. The van der Waals surface area contributed by atoms with Crippen molar-refractivity contribution in [1.82, 2.24) is 20.3 Å². The van der Waals surface area contributed by atoms with Gasteiger partial charge in [0.1, 0.15) is 35.4 Å². The van der Waals surface area contributed by atoms with Crippen molar-refractivity contribution in [3.05, 3.63) is 72.3 Å². The topological polar surface area (TPSA) is 108 Å². The van der Waals surface area contributed by atoms with Gasteiger partial charge in [-0.3, -0.25) is 14.5 Å². The van der Waals surface area contributed by atoms with Gasteiger partial charge >= 0.3 is 0 Å². The van der Waals surface area contributed by atoms with Crippen molar-refractivity contribution in [3.8, 4) is 17.2 Å². The highest BCUT2D eigenvalue weighted by Gasteiger charge is 2.34. The van der Waals surface area contributed by atoms with Crippen LogP contribution in [0.2, 0.25) is 0 Å². The van der Waals surface area contributed by atoms with Gasteiger partial charge in [-0.1, -0.05) is 43.3 Å². The summed E-state index contributed by atoms with van der Waals surface area (Å²) >= 11 is 0. The Morgan fingerprint density at radius 1 is 0.900 bits per heavy atom. The molecule has 0 aliphatic heterocycles. The Kier molecular flexibility index (Phi) is 9.21. The first-order valence-electron chi connectivity index (χ1n) is 13.1. The Morgan fingerprint density at radius 3 is 2.17 bits per heavy atom. The van der Waals surface area contributed by atoms with Gasteiger partial charge in [-0.05, 0) is 42.2 Å². The Morgan fingerprint density at radius 2 is 1.55 bits per heavy atom. The summed E-state index contributed by atoms with van der Waals surface area (Å²) in [6.45, 7) is 4.51. The molecule has 0 aliphatic rings. The second-order valence-corrected chi connectivity index (χ2v) is 9.72. The number of ether oxygens (including phenoxy) is 3. The van der Waals surface area contributed by atoms with Gasteiger partial charge in [0.25, 0.3) is 0 Å². The van der Waals surface area contributed by atoms with Crippen LogP contribution in [0.5, 0.6) is 17.2 Å². The monoisotopic (exact) mass is 545 g/mol. The summed E-state index contributed by atoms with van der Waals surface area (Å²) in [5.74, 6) is 1.31. The fourth-order valence-corrected chi connectivity index (χ4v) is 4.39. The van der Waals surface area contributed by atoms with E-state index in [4.69, 9.17) is 14.2 Å². The quantitative estimate of drug-likeness (QED) is 0.281. The summed E-state index contributed by atoms with van der Waals surface area (Å²) in [6, 6.07) is 18.6. The molecule has 0 saturated carbocycles. The normalized spacial score (nSPS) is 11.8. The third-order valence-corrected chi connectivity index (χ3v) is 6.55. The number of rotatable bonds is 12. The van der Waals surface area contributed by atoms with Crippen LogP contribution in [0.3, 0.4) is 0 Å². The van der Waals surface area contributed by atoms with Gasteiger partial charge in [0.15, 0.2) is 0 Å². The molecule has 1 aromatic heterocycles. The average molecular weight is 546 g/mol. The summed E-state index contributed by atoms with van der Waals surface area (Å²) in [4.78, 5) is 29.6. The number of benzene rings is 3. The van der Waals surface area contributed by atoms with Gasteiger partial charge in [0, 0.05) is 24.7 Å². The summed E-state index contributed by atoms with van der Waals surface area (Å²) in [6.07, 6.45) is 0.799. The van der Waals surface area contributed by atoms with Crippen LogP contribution in [0.25, 0.3) is 11.0 Å². The highest BCUT2D eigenvalue weighted by atomic mass is 16.5. The predicted octanol–water partition coefficient (Wildman–Crippen LogP) is 4.39. The third kappa shape index (κ3) is 6.51. The minimum absolute atomic E-state index is 0.147. The number of nitrogens with zero attached hydrogens (tertiary/aromatic N) is 4. The van der Waals surface area contributed by atoms with Crippen molar-refractivity contribution in [2.45, 2.75) is 32.9 Å². The van der Waals surface area contributed by atoms with Gasteiger partial charge in [-0.15, -0.1) is 5.10 Å². The number of para-hydroxylation sites is 1. The van der Waals surface area contributed by atoms with Crippen molar-refractivity contribution in [3.63, 3.8) is 0 Å². The van der Waals surface area contributed by atoms with Gasteiger partial charge in [0.05, 0.1) is 32.5 Å². The molecule has 10 heteroatoms. The number of carbonyl (C=O) groups excluding carboxylic acids is 2. The van der Waals surface area contributed by atoms with Crippen molar-refractivity contribution in [2.24, 2.45) is 5.92 Å². The Labute approximate surface area is 233 Å². The molecule has 0 spiro atoms. The number of hydrogen-bond donors (Lipinski definition) is 1. The molecular formula is C30H35N5O5. The standard InChI is InChI=1S/C30H35N5O5/c1-20(2)14-15-31-30(37)29(21-10-12-23(38-3)13-11-21)35(22-16-24(39-4)18-25(17-22)40-5)28(36)19-34-27-9-7-6-8-26(27)32-33-34/h6-13,16-18,20,29H,14-15,19H2,1-5H3,(H,31,37). The zero-order valence-electron chi connectivity index (χ0n) is 23.5. The number of carbonyl (C=O) groups is 2. The number of aromatic nitrogens is 3. The number of nitrogens with one attached hydrogen (secondary N) is 1. The third-order valence-electron chi connectivity index (χ3n) is 6.55. The summed E-state index contributed by atoms with van der Waals surface area (Å²) in [7, 11) is 4.64. The lowest BCUT2D eigenvalue weighted by Gasteiger charge is -2.32. The van der Waals surface area contributed by atoms with Gasteiger partial charge in [0.2, 0.25) is 11.8 Å². The van der Waals surface area contributed by atoms with Gasteiger partial charge < -0.3 is 19.5 Å². The molecule has 0 radical (unpaired) electrons. The molecule has 1 unspecified atom stereocenters. The second kappa shape index (κ2) is 13.0. The molecule has 1 heterocycles. The van der Waals surface area contributed by atoms with Crippen LogP contribution in [0.1, 0.15) is 31.9 Å². The molecule has 40 heavy (non-hydrogen) atoms. The van der Waals surface area contributed by atoms with Crippen LogP contribution in [-0.4, -0.2) is 54.7 Å². The minimum atomic E-state index is -1.00. The first-order valence-corrected chi connectivity index (χ1v) is 13.1. The van der Waals surface area contributed by atoms with E-state index in [0.717, 1.165) is 6.42 Å². The smallest absolute Gasteiger partial charge is 0.249 e. The van der Waals surface area contributed by atoms with E-state index in [-0.39, 0.29) is 18.4 Å². The Hall–Kier alpha value is -4.60. The fraction of sp³-hybridized carbons (Fsp3) is 0.333. The zero-order valence-corrected chi connectivity index (χ0v) is 23.5. The molecule has 10 nitrogen and oxygen atoms in total. The van der Waals surface area contributed by atoms with E-state index in [2.05, 4.69) is 29.5 Å². The van der Waals surface area contributed by atoms with E-state index >= 15 is 0 Å². The summed E-state index contributed by atoms with van der Waals surface area (Å²) < 4.78 is 17.9. The molecule has 4 rings (SSSR count). The van der Waals surface area contributed by atoms with E-state index in [0.29, 0.717) is 52.0 Å². The lowest BCUT2D eigenvalue weighted by atomic mass is 10.0. The average Bonchev–Trinajstić information content (AvgIpc) is 3.37. The minimum Gasteiger partial charge on any atom is -0.497 e. The molecule has 4 aromatic rings. The largest absolute Gasteiger partial charge is 0.497 e. The van der Waals surface area contributed by atoms with Gasteiger partial charge in [-0.25, -0.2) is 4.68 Å². The van der Waals surface area contributed by atoms with Crippen LogP contribution in [-0.2, 0) is 16.1 Å². The fourth-order valence-electron chi connectivity index (χ4n) is 4.39. The van der Waals surface area contributed by atoms with Crippen LogP contribution >= 0.6 is 0 Å². The Balaban J connectivity index is 1.83. The number of hydrogen-bond acceptors (Lipinski definition) is 7. The molecule has 1 atom stereocenters. The second-order valence-electron chi connectivity index (χ2n) is 9.72. The van der Waals surface area contributed by atoms with Crippen LogP contribution < -0.4 is 24.4 Å². The molecule has 3 aromatic carbocycles. The molecule has 0 bridgehead atoms. The Bertz CT molecular complexity index is 1430. The van der Waals surface area contributed by atoms with Gasteiger partial charge in [-0.2, -0.15) is 0 Å². The molecular weight excluding hydrogens is 510 g/mol. The van der Waals surface area contributed by atoms with Crippen molar-refractivity contribution in [1.29, 1.82) is 0 Å². The van der Waals surface area contributed by atoms with E-state index in [1.54, 1.807) is 49.6 Å². The van der Waals surface area contributed by atoms with E-state index in [9.17, 15) is 9.59 Å². The van der Waals surface area contributed by atoms with E-state index in [1.165, 1.54) is 23.8 Å². The maximum atomic E-state index is 14.2. The van der Waals surface area contributed by atoms with Crippen LogP contribution in [0.15, 0.2) is 66.7 Å². The van der Waals surface area contributed by atoms with E-state index < -0.39 is 6.04 Å². The maximum absolute atomic E-state index is 14.2. The van der Waals surface area contributed by atoms with E-state index in [1.807, 2.05) is 24.3 Å². The molecule has 1 N–H and O–H groups in total. The highest BCUT2D eigenvalue weighted by molar-refractivity contribution is 6.02. The van der Waals surface area contributed by atoms with Crippen LogP contribution in [0.4, 0.5) is 5.69 Å². The molecule has 210 valence electrons.